The van der Waals surface area contributed by atoms with Gasteiger partial charge >= 0.3 is 0 Å². The summed E-state index contributed by atoms with van der Waals surface area (Å²) >= 11 is 4.45. The second-order valence-electron chi connectivity index (χ2n) is 4.53. The van der Waals surface area contributed by atoms with Crippen LogP contribution in [0.25, 0.3) is 0 Å². The molecule has 0 N–H and O–H groups in total. The normalized spacial score (nSPS) is 13.2. The smallest absolute Gasteiger partial charge is 0.0593 e. The third-order valence-electron chi connectivity index (χ3n) is 2.98. The summed E-state index contributed by atoms with van der Waals surface area (Å²) < 4.78 is 10.9. The largest absolute Gasteiger partial charge is 0.380 e. The van der Waals surface area contributed by atoms with Gasteiger partial charge in [-0.05, 0) is 31.9 Å². The lowest BCUT2D eigenvalue weighted by Crippen LogP contribution is -2.36. The minimum Gasteiger partial charge on any atom is -0.380 e. The molecular formula is C14H31NO2S. The van der Waals surface area contributed by atoms with E-state index in [1.807, 2.05) is 13.8 Å². The Balaban J connectivity index is 3.99. The van der Waals surface area contributed by atoms with E-state index in [4.69, 9.17) is 9.47 Å². The Hall–Kier alpha value is 0.230. The highest BCUT2D eigenvalue weighted by atomic mass is 32.1. The van der Waals surface area contributed by atoms with Gasteiger partial charge in [0.05, 0.1) is 13.2 Å². The molecule has 0 aromatic rings. The number of ether oxygens (including phenoxy) is 2. The van der Waals surface area contributed by atoms with E-state index in [9.17, 15) is 0 Å². The molecule has 1 unspecified atom stereocenters. The summed E-state index contributed by atoms with van der Waals surface area (Å²) in [7, 11) is 0. The van der Waals surface area contributed by atoms with Crippen molar-refractivity contribution in [2.75, 3.05) is 51.8 Å². The Bertz CT molecular complexity index is 160. The van der Waals surface area contributed by atoms with E-state index in [1.54, 1.807) is 0 Å². The first-order valence-corrected chi connectivity index (χ1v) is 7.90. The molecule has 0 aromatic carbocycles. The predicted octanol–water partition coefficient (Wildman–Crippen LogP) is 2.71. The fourth-order valence-corrected chi connectivity index (χ4v) is 2.28. The van der Waals surface area contributed by atoms with Gasteiger partial charge in [-0.3, -0.25) is 4.90 Å². The fraction of sp³-hybridized carbons (Fsp3) is 1.00. The van der Waals surface area contributed by atoms with Gasteiger partial charge in [0.25, 0.3) is 0 Å². The summed E-state index contributed by atoms with van der Waals surface area (Å²) in [5.41, 5.74) is 0. The van der Waals surface area contributed by atoms with Crippen LogP contribution < -0.4 is 0 Å². The highest BCUT2D eigenvalue weighted by molar-refractivity contribution is 7.80. The maximum Gasteiger partial charge on any atom is 0.0593 e. The van der Waals surface area contributed by atoms with Gasteiger partial charge in [0.15, 0.2) is 0 Å². The van der Waals surface area contributed by atoms with E-state index in [1.165, 1.54) is 12.8 Å². The third-order valence-corrected chi connectivity index (χ3v) is 3.50. The van der Waals surface area contributed by atoms with Crippen molar-refractivity contribution in [2.24, 2.45) is 5.92 Å². The molecule has 0 fully saturated rings. The van der Waals surface area contributed by atoms with Crippen molar-refractivity contribution < 1.29 is 9.47 Å². The second-order valence-corrected chi connectivity index (χ2v) is 4.90. The molecule has 0 amide bonds. The molecule has 18 heavy (non-hydrogen) atoms. The van der Waals surface area contributed by atoms with Crippen molar-refractivity contribution >= 4 is 12.6 Å². The Morgan fingerprint density at radius 3 is 1.94 bits per heavy atom. The van der Waals surface area contributed by atoms with Crippen LogP contribution in [0.4, 0.5) is 0 Å². The zero-order valence-electron chi connectivity index (χ0n) is 12.4. The summed E-state index contributed by atoms with van der Waals surface area (Å²) in [6, 6.07) is 0. The van der Waals surface area contributed by atoms with E-state index in [0.717, 1.165) is 51.8 Å². The zero-order chi connectivity index (χ0) is 13.6. The molecule has 0 aliphatic heterocycles. The van der Waals surface area contributed by atoms with Crippen LogP contribution in [0.15, 0.2) is 0 Å². The lowest BCUT2D eigenvalue weighted by atomic mass is 10.1. The summed E-state index contributed by atoms with van der Waals surface area (Å²) in [5.74, 6) is 1.65. The van der Waals surface area contributed by atoms with Crippen LogP contribution in [0.3, 0.4) is 0 Å². The van der Waals surface area contributed by atoms with Gasteiger partial charge in [-0.25, -0.2) is 0 Å². The number of nitrogens with zero attached hydrogens (tertiary/aromatic N) is 1. The van der Waals surface area contributed by atoms with Gasteiger partial charge in [-0.1, -0.05) is 13.3 Å². The zero-order valence-corrected chi connectivity index (χ0v) is 13.3. The van der Waals surface area contributed by atoms with Crippen LogP contribution in [-0.4, -0.2) is 56.7 Å². The average molecular weight is 277 g/mol. The quantitative estimate of drug-likeness (QED) is 0.413. The highest BCUT2D eigenvalue weighted by Gasteiger charge is 2.12. The molecule has 0 aliphatic rings. The van der Waals surface area contributed by atoms with Crippen molar-refractivity contribution in [1.82, 2.24) is 4.90 Å². The van der Waals surface area contributed by atoms with Crippen molar-refractivity contribution in [3.05, 3.63) is 0 Å². The monoisotopic (exact) mass is 277 g/mol. The van der Waals surface area contributed by atoms with Gasteiger partial charge in [0.1, 0.15) is 0 Å². The summed E-state index contributed by atoms with van der Waals surface area (Å²) in [6.45, 7) is 12.6. The molecular weight excluding hydrogens is 246 g/mol. The highest BCUT2D eigenvalue weighted by Crippen LogP contribution is 2.10. The molecule has 0 radical (unpaired) electrons. The SMILES string of the molecule is CCCC(CS)CN(CCOCC)CCOCC. The van der Waals surface area contributed by atoms with E-state index < -0.39 is 0 Å². The number of thiol groups is 1. The Labute approximate surface area is 119 Å². The first-order valence-electron chi connectivity index (χ1n) is 7.27. The molecule has 3 nitrogen and oxygen atoms in total. The Morgan fingerprint density at radius 2 is 1.56 bits per heavy atom. The van der Waals surface area contributed by atoms with Gasteiger partial charge in [0.2, 0.25) is 0 Å². The van der Waals surface area contributed by atoms with Crippen LogP contribution in [0.1, 0.15) is 33.6 Å². The summed E-state index contributed by atoms with van der Waals surface area (Å²) in [5, 5.41) is 0. The maximum absolute atomic E-state index is 5.44. The standard InChI is InChI=1S/C14H31NO2S/c1-4-7-14(13-18)12-15(8-10-16-5-2)9-11-17-6-3/h14,18H,4-13H2,1-3H3. The van der Waals surface area contributed by atoms with E-state index in [0.29, 0.717) is 5.92 Å². The van der Waals surface area contributed by atoms with E-state index in [2.05, 4.69) is 24.5 Å². The Kier molecular flexibility index (Phi) is 13.8. The van der Waals surface area contributed by atoms with Crippen molar-refractivity contribution in [3.63, 3.8) is 0 Å². The topological polar surface area (TPSA) is 21.7 Å². The first-order chi connectivity index (χ1) is 8.78. The van der Waals surface area contributed by atoms with Crippen molar-refractivity contribution in [2.45, 2.75) is 33.6 Å². The second kappa shape index (κ2) is 13.7. The summed E-state index contributed by atoms with van der Waals surface area (Å²) in [6.07, 6.45) is 2.49. The number of hydrogen-bond donors (Lipinski definition) is 1. The van der Waals surface area contributed by atoms with E-state index in [-0.39, 0.29) is 0 Å². The molecule has 110 valence electrons. The first kappa shape index (κ1) is 18.2. The predicted molar refractivity (Wildman–Crippen MR) is 81.7 cm³/mol. The van der Waals surface area contributed by atoms with Crippen molar-refractivity contribution in [3.8, 4) is 0 Å². The molecule has 0 aliphatic carbocycles. The molecule has 1 atom stereocenters. The molecule has 0 aromatic heterocycles. The van der Waals surface area contributed by atoms with Crippen molar-refractivity contribution in [1.29, 1.82) is 0 Å². The number of hydrogen-bond acceptors (Lipinski definition) is 4. The maximum atomic E-state index is 5.44. The molecule has 0 spiro atoms. The van der Waals surface area contributed by atoms with Crippen LogP contribution in [0.2, 0.25) is 0 Å². The third kappa shape index (κ3) is 10.2. The van der Waals surface area contributed by atoms with Gasteiger partial charge in [-0.15, -0.1) is 0 Å². The fourth-order valence-electron chi connectivity index (χ4n) is 1.98. The van der Waals surface area contributed by atoms with Crippen LogP contribution in [0, 0.1) is 5.92 Å². The average Bonchev–Trinajstić information content (AvgIpc) is 2.38. The van der Waals surface area contributed by atoms with Crippen LogP contribution in [0.5, 0.6) is 0 Å². The molecule has 0 rings (SSSR count). The lowest BCUT2D eigenvalue weighted by molar-refractivity contribution is 0.0765. The summed E-state index contributed by atoms with van der Waals surface area (Å²) in [4.78, 5) is 2.45. The molecule has 0 saturated heterocycles. The van der Waals surface area contributed by atoms with Gasteiger partial charge < -0.3 is 9.47 Å². The van der Waals surface area contributed by atoms with Crippen LogP contribution >= 0.6 is 12.6 Å². The van der Waals surface area contributed by atoms with Gasteiger partial charge in [0, 0.05) is 32.8 Å². The molecule has 0 bridgehead atoms. The van der Waals surface area contributed by atoms with Gasteiger partial charge in [-0.2, -0.15) is 12.6 Å². The van der Waals surface area contributed by atoms with Crippen LogP contribution in [-0.2, 0) is 9.47 Å². The molecule has 0 saturated carbocycles. The minimum absolute atomic E-state index is 0.682. The Morgan fingerprint density at radius 1 is 1.00 bits per heavy atom. The minimum atomic E-state index is 0.682. The number of rotatable bonds is 13. The lowest BCUT2D eigenvalue weighted by Gasteiger charge is -2.26. The molecule has 0 heterocycles. The van der Waals surface area contributed by atoms with E-state index >= 15 is 0 Å². The molecule has 4 heteroatoms.